The fraction of sp³-hybridized carbons (Fsp3) is 0.263. The second-order valence-electron chi connectivity index (χ2n) is 6.11. The first kappa shape index (κ1) is 17.5. The van der Waals surface area contributed by atoms with Crippen molar-refractivity contribution < 1.29 is 9.59 Å². The lowest BCUT2D eigenvalue weighted by atomic mass is 10.1. The molecule has 0 spiro atoms. The number of carbonyl (C=O) groups excluding carboxylic acids is 2. The number of anilines is 1. The second kappa shape index (κ2) is 7.68. The molecule has 0 aromatic heterocycles. The Morgan fingerprint density at radius 1 is 0.960 bits per heavy atom. The van der Waals surface area contributed by atoms with Gasteiger partial charge in [0.1, 0.15) is 0 Å². The van der Waals surface area contributed by atoms with Gasteiger partial charge in [0.05, 0.1) is 10.7 Å². The van der Waals surface area contributed by atoms with E-state index in [-0.39, 0.29) is 11.8 Å². The van der Waals surface area contributed by atoms with E-state index in [0.717, 1.165) is 13.1 Å². The Morgan fingerprint density at radius 2 is 1.64 bits per heavy atom. The van der Waals surface area contributed by atoms with Gasteiger partial charge < -0.3 is 15.1 Å². The first-order valence-electron chi connectivity index (χ1n) is 8.18. The van der Waals surface area contributed by atoms with Crippen molar-refractivity contribution in [3.63, 3.8) is 0 Å². The molecule has 0 unspecified atom stereocenters. The van der Waals surface area contributed by atoms with E-state index in [2.05, 4.69) is 10.2 Å². The third-order valence-electron chi connectivity index (χ3n) is 4.29. The van der Waals surface area contributed by atoms with Gasteiger partial charge in [0.15, 0.2) is 0 Å². The van der Waals surface area contributed by atoms with Crippen LogP contribution in [0.15, 0.2) is 48.5 Å². The van der Waals surface area contributed by atoms with E-state index in [1.54, 1.807) is 42.5 Å². The van der Waals surface area contributed by atoms with Crippen LogP contribution in [0.2, 0.25) is 5.02 Å². The summed E-state index contributed by atoms with van der Waals surface area (Å²) >= 11 is 6.19. The van der Waals surface area contributed by atoms with Gasteiger partial charge in [-0.1, -0.05) is 29.8 Å². The van der Waals surface area contributed by atoms with Crippen LogP contribution in [0.1, 0.15) is 20.7 Å². The molecule has 0 aliphatic carbocycles. The Kier molecular flexibility index (Phi) is 5.36. The van der Waals surface area contributed by atoms with E-state index in [1.165, 1.54) is 0 Å². The number of amides is 2. The third kappa shape index (κ3) is 4.18. The van der Waals surface area contributed by atoms with Gasteiger partial charge in [0.2, 0.25) is 0 Å². The monoisotopic (exact) mass is 357 g/mol. The van der Waals surface area contributed by atoms with Crippen LogP contribution >= 0.6 is 11.6 Å². The van der Waals surface area contributed by atoms with Crippen molar-refractivity contribution in [1.82, 2.24) is 9.80 Å². The van der Waals surface area contributed by atoms with Gasteiger partial charge in [-0.2, -0.15) is 0 Å². The molecule has 2 aromatic carbocycles. The van der Waals surface area contributed by atoms with Gasteiger partial charge >= 0.3 is 0 Å². The van der Waals surface area contributed by atoms with Gasteiger partial charge in [0, 0.05) is 37.3 Å². The highest BCUT2D eigenvalue weighted by atomic mass is 35.5. The summed E-state index contributed by atoms with van der Waals surface area (Å²) < 4.78 is 0. The minimum absolute atomic E-state index is 0.0417. The molecule has 2 amide bonds. The summed E-state index contributed by atoms with van der Waals surface area (Å²) in [7, 11) is 2.04. The average molecular weight is 358 g/mol. The first-order chi connectivity index (χ1) is 12.0. The molecular weight excluding hydrogens is 338 g/mol. The van der Waals surface area contributed by atoms with Crippen LogP contribution in [-0.2, 0) is 0 Å². The lowest BCUT2D eigenvalue weighted by Crippen LogP contribution is -2.47. The molecule has 5 nitrogen and oxygen atoms in total. The summed E-state index contributed by atoms with van der Waals surface area (Å²) in [5.41, 5.74) is 1.50. The number of nitrogens with zero attached hydrogens (tertiary/aromatic N) is 2. The number of halogens is 1. The molecule has 1 aliphatic heterocycles. The molecule has 6 heteroatoms. The zero-order chi connectivity index (χ0) is 17.8. The highest BCUT2D eigenvalue weighted by Gasteiger charge is 2.21. The third-order valence-corrected chi connectivity index (χ3v) is 4.62. The predicted molar refractivity (Wildman–Crippen MR) is 99.2 cm³/mol. The molecule has 2 aromatic rings. The Bertz CT molecular complexity index is 771. The van der Waals surface area contributed by atoms with E-state index in [9.17, 15) is 9.59 Å². The predicted octanol–water partition coefficient (Wildman–Crippen LogP) is 2.98. The van der Waals surface area contributed by atoms with E-state index in [0.29, 0.717) is 34.9 Å². The maximum atomic E-state index is 12.7. The Labute approximate surface area is 152 Å². The van der Waals surface area contributed by atoms with Crippen LogP contribution in [0, 0.1) is 0 Å². The van der Waals surface area contributed by atoms with Gasteiger partial charge in [-0.15, -0.1) is 0 Å². The molecule has 1 heterocycles. The zero-order valence-corrected chi connectivity index (χ0v) is 14.8. The molecular formula is C19H20ClN3O2. The van der Waals surface area contributed by atoms with Crippen LogP contribution in [0.4, 0.5) is 5.69 Å². The SMILES string of the molecule is CN1CCN(C(=O)c2ccc(Cl)c(NC(=O)c3ccccc3)c2)CC1. The molecule has 1 fully saturated rings. The smallest absolute Gasteiger partial charge is 0.255 e. The quantitative estimate of drug-likeness (QED) is 0.918. The summed E-state index contributed by atoms with van der Waals surface area (Å²) in [4.78, 5) is 29.0. The van der Waals surface area contributed by atoms with Crippen molar-refractivity contribution in [1.29, 1.82) is 0 Å². The zero-order valence-electron chi connectivity index (χ0n) is 14.0. The average Bonchev–Trinajstić information content (AvgIpc) is 2.64. The minimum Gasteiger partial charge on any atom is -0.336 e. The molecule has 3 rings (SSSR count). The molecule has 25 heavy (non-hydrogen) atoms. The van der Waals surface area contributed by atoms with Crippen LogP contribution in [-0.4, -0.2) is 54.8 Å². The van der Waals surface area contributed by atoms with Crippen molar-refractivity contribution in [2.75, 3.05) is 38.5 Å². The number of likely N-dealkylation sites (N-methyl/N-ethyl adjacent to an activating group) is 1. The van der Waals surface area contributed by atoms with Crippen molar-refractivity contribution >= 4 is 29.1 Å². The maximum Gasteiger partial charge on any atom is 0.255 e. The highest BCUT2D eigenvalue weighted by Crippen LogP contribution is 2.24. The number of rotatable bonds is 3. The number of piperazine rings is 1. The fourth-order valence-electron chi connectivity index (χ4n) is 2.73. The van der Waals surface area contributed by atoms with Crippen molar-refractivity contribution in [2.45, 2.75) is 0 Å². The summed E-state index contributed by atoms with van der Waals surface area (Å²) in [5, 5.41) is 3.18. The molecule has 0 atom stereocenters. The normalized spacial score (nSPS) is 15.0. The number of hydrogen-bond acceptors (Lipinski definition) is 3. The van der Waals surface area contributed by atoms with E-state index in [4.69, 9.17) is 11.6 Å². The number of carbonyl (C=O) groups is 2. The molecule has 0 bridgehead atoms. The largest absolute Gasteiger partial charge is 0.336 e. The van der Waals surface area contributed by atoms with Gasteiger partial charge in [-0.05, 0) is 37.4 Å². The second-order valence-corrected chi connectivity index (χ2v) is 6.52. The molecule has 130 valence electrons. The van der Waals surface area contributed by atoms with E-state index < -0.39 is 0 Å². The minimum atomic E-state index is -0.258. The van der Waals surface area contributed by atoms with E-state index in [1.807, 2.05) is 18.0 Å². The lowest BCUT2D eigenvalue weighted by molar-refractivity contribution is 0.0664. The van der Waals surface area contributed by atoms with Crippen molar-refractivity contribution in [2.24, 2.45) is 0 Å². The summed E-state index contributed by atoms with van der Waals surface area (Å²) in [5.74, 6) is -0.299. The van der Waals surface area contributed by atoms with Crippen LogP contribution in [0.5, 0.6) is 0 Å². The van der Waals surface area contributed by atoms with Crippen LogP contribution < -0.4 is 5.32 Å². The van der Waals surface area contributed by atoms with Gasteiger partial charge in [-0.25, -0.2) is 0 Å². The number of nitrogens with one attached hydrogen (secondary N) is 1. The van der Waals surface area contributed by atoms with Crippen molar-refractivity contribution in [3.8, 4) is 0 Å². The van der Waals surface area contributed by atoms with Gasteiger partial charge in [0.25, 0.3) is 11.8 Å². The standard InChI is InChI=1S/C19H20ClN3O2/c1-22-9-11-23(12-10-22)19(25)15-7-8-16(20)17(13-15)21-18(24)14-5-3-2-4-6-14/h2-8,13H,9-12H2,1H3,(H,21,24). The summed E-state index contributed by atoms with van der Waals surface area (Å²) in [6.45, 7) is 3.11. The fourth-order valence-corrected chi connectivity index (χ4v) is 2.90. The topological polar surface area (TPSA) is 52.6 Å². The summed E-state index contributed by atoms with van der Waals surface area (Å²) in [6.07, 6.45) is 0. The van der Waals surface area contributed by atoms with E-state index >= 15 is 0 Å². The van der Waals surface area contributed by atoms with Crippen LogP contribution in [0.25, 0.3) is 0 Å². The molecule has 1 N–H and O–H groups in total. The molecule has 1 saturated heterocycles. The Balaban J connectivity index is 1.76. The number of benzene rings is 2. The van der Waals surface area contributed by atoms with Crippen LogP contribution in [0.3, 0.4) is 0 Å². The number of hydrogen-bond donors (Lipinski definition) is 1. The Hall–Kier alpha value is -2.37. The molecule has 1 aliphatic rings. The highest BCUT2D eigenvalue weighted by molar-refractivity contribution is 6.34. The first-order valence-corrected chi connectivity index (χ1v) is 8.56. The summed E-state index contributed by atoms with van der Waals surface area (Å²) in [6, 6.07) is 13.9. The maximum absolute atomic E-state index is 12.7. The lowest BCUT2D eigenvalue weighted by Gasteiger charge is -2.32. The molecule has 0 saturated carbocycles. The Morgan fingerprint density at radius 3 is 2.32 bits per heavy atom. The van der Waals surface area contributed by atoms with Gasteiger partial charge in [-0.3, -0.25) is 9.59 Å². The van der Waals surface area contributed by atoms with Crippen molar-refractivity contribution in [3.05, 3.63) is 64.7 Å². The molecule has 0 radical (unpaired) electrons.